The Morgan fingerprint density at radius 3 is 1.68 bits per heavy atom. The lowest BCUT2D eigenvalue weighted by Crippen LogP contribution is -2.39. The molecule has 4 saturated carbocycles. The largest absolute Gasteiger partial charge is 0.481 e. The van der Waals surface area contributed by atoms with Crippen LogP contribution in [0.3, 0.4) is 0 Å². The monoisotopic (exact) mass is 796 g/mol. The van der Waals surface area contributed by atoms with Crippen LogP contribution >= 0.6 is 25.3 Å². The van der Waals surface area contributed by atoms with Crippen LogP contribution in [0.15, 0.2) is 54.6 Å². The van der Waals surface area contributed by atoms with E-state index in [1.54, 1.807) is 11.1 Å². The summed E-state index contributed by atoms with van der Waals surface area (Å²) in [5, 5.41) is 21.4. The molecular weight excluding hydrogens is 729 g/mol. The Kier molecular flexibility index (Phi) is 14.9. The van der Waals surface area contributed by atoms with Gasteiger partial charge in [-0.05, 0) is 176 Å². The van der Waals surface area contributed by atoms with E-state index in [9.17, 15) is 14.7 Å². The Bertz CT molecular complexity index is 1740. The molecule has 0 amide bonds. The topological polar surface area (TPSA) is 74.6 Å². The van der Waals surface area contributed by atoms with Crippen molar-refractivity contribution in [3.8, 4) is 0 Å². The summed E-state index contributed by atoms with van der Waals surface area (Å²) in [6, 6.07) is 20.2. The van der Waals surface area contributed by atoms with Crippen LogP contribution in [0.4, 0.5) is 0 Å². The predicted octanol–water partition coefficient (Wildman–Crippen LogP) is 12.6. The second-order valence-corrected chi connectivity index (χ2v) is 20.1. The second kappa shape index (κ2) is 20.0. The summed E-state index contributed by atoms with van der Waals surface area (Å²) in [7, 11) is 0. The third-order valence-corrected chi connectivity index (χ3v) is 16.1. The summed E-state index contributed by atoms with van der Waals surface area (Å²) >= 11 is 9.06. The van der Waals surface area contributed by atoms with Gasteiger partial charge in [0.2, 0.25) is 0 Å². The van der Waals surface area contributed by atoms with Crippen LogP contribution in [0.2, 0.25) is 0 Å². The first kappa shape index (κ1) is 41.7. The van der Waals surface area contributed by atoms with Gasteiger partial charge in [0.25, 0.3) is 0 Å². The summed E-state index contributed by atoms with van der Waals surface area (Å²) in [5.74, 6) is 5.97. The number of aliphatic carboxylic acids is 2. The van der Waals surface area contributed by atoms with Crippen LogP contribution in [-0.2, 0) is 41.0 Å². The summed E-state index contributed by atoms with van der Waals surface area (Å²) in [6.45, 7) is 0. The molecule has 3 aromatic rings. The molecule has 2 N–H and O–H groups in total. The lowest BCUT2D eigenvalue weighted by atomic mass is 9.57. The molecule has 0 aliphatic heterocycles. The number of aryl methyl sites for hydroxylation is 2. The molecule has 0 radical (unpaired) electrons. The molecule has 0 aromatic heterocycles. The molecule has 0 bridgehead atoms. The minimum absolute atomic E-state index is 0.221. The van der Waals surface area contributed by atoms with Crippen molar-refractivity contribution in [1.82, 2.24) is 0 Å². The summed E-state index contributed by atoms with van der Waals surface area (Å²) < 4.78 is 0. The maximum atomic E-state index is 11.1. The summed E-state index contributed by atoms with van der Waals surface area (Å²) in [4.78, 5) is 21.8. The van der Waals surface area contributed by atoms with Gasteiger partial charge in [0.1, 0.15) is 0 Å². The Balaban J connectivity index is 0.000000172. The smallest absolute Gasteiger partial charge is 0.303 e. The lowest BCUT2D eigenvalue weighted by Gasteiger charge is -2.48. The molecule has 8 rings (SSSR count). The first-order chi connectivity index (χ1) is 27.2. The van der Waals surface area contributed by atoms with E-state index in [1.807, 2.05) is 0 Å². The molecule has 4 fully saturated rings. The zero-order chi connectivity index (χ0) is 39.0. The van der Waals surface area contributed by atoms with Crippen LogP contribution < -0.4 is 0 Å². The van der Waals surface area contributed by atoms with Gasteiger partial charge in [0.05, 0.1) is 0 Å². The van der Waals surface area contributed by atoms with E-state index in [2.05, 4.69) is 79.9 Å². The molecule has 56 heavy (non-hydrogen) atoms. The van der Waals surface area contributed by atoms with Crippen molar-refractivity contribution in [1.29, 1.82) is 0 Å². The fourth-order valence-electron chi connectivity index (χ4n) is 11.8. The van der Waals surface area contributed by atoms with E-state index in [4.69, 9.17) is 5.11 Å². The fourth-order valence-corrected chi connectivity index (χ4v) is 12.3. The molecule has 5 atom stereocenters. The molecular formula is C50H68O4S2. The number of thiol groups is 2. The van der Waals surface area contributed by atoms with Gasteiger partial charge < -0.3 is 10.2 Å². The van der Waals surface area contributed by atoms with Gasteiger partial charge in [0.15, 0.2) is 0 Å². The average Bonchev–Trinajstić information content (AvgIpc) is 3.20. The van der Waals surface area contributed by atoms with E-state index in [-0.39, 0.29) is 6.42 Å². The highest BCUT2D eigenvalue weighted by Crippen LogP contribution is 2.51. The highest BCUT2D eigenvalue weighted by molar-refractivity contribution is 7.81. The van der Waals surface area contributed by atoms with Gasteiger partial charge >= 0.3 is 11.9 Å². The Hall–Kier alpha value is -2.44. The van der Waals surface area contributed by atoms with Gasteiger partial charge in [-0.25, -0.2) is 0 Å². The number of hydrogen-bond acceptors (Lipinski definition) is 4. The van der Waals surface area contributed by atoms with Crippen molar-refractivity contribution in [3.05, 3.63) is 82.4 Å². The SMILES string of the molecule is O=C(O)CC1CCC2CC3Cc4cc5ccc(CS)cc5cc4CC3CC2C1.O=C(O)CCc1ccc(CCC2CCC(CCC3CCC(S)CC3)CC2)cc1. The molecule has 5 aliphatic rings. The molecule has 0 heterocycles. The first-order valence-corrected chi connectivity index (χ1v) is 23.7. The standard InChI is InChI=1S/C25H30O2S.C25H38O2S/c26-25(27)7-15-1-3-17-8-21-12-22-9-18-4-2-16(14-28)6-20(18)11-24(22)13-23(21)10-19(17)5-15;26-25(27)18-15-22-10-7-21(8-11-22)6-3-19-1-4-20(5-2-19)9-12-23-13-16-24(28)17-14-23/h2,4,6,9,11,15,17,19,21,23,28H,1,3,5,7-8,10,12-14H2,(H,26,27);7-8,10-11,19-20,23-24,28H,1-6,9,12-18H2,(H,26,27). The molecule has 5 aliphatic carbocycles. The predicted molar refractivity (Wildman–Crippen MR) is 237 cm³/mol. The van der Waals surface area contributed by atoms with Crippen molar-refractivity contribution in [2.24, 2.45) is 47.3 Å². The minimum atomic E-state index is -0.718. The third kappa shape index (κ3) is 11.6. The van der Waals surface area contributed by atoms with Crippen LogP contribution in [-0.4, -0.2) is 27.4 Å². The number of rotatable bonds is 12. The maximum absolute atomic E-state index is 11.1. The van der Waals surface area contributed by atoms with Crippen molar-refractivity contribution in [2.75, 3.05) is 0 Å². The number of fused-ring (bicyclic) bond motifs is 4. The third-order valence-electron chi connectivity index (χ3n) is 15.2. The zero-order valence-electron chi connectivity index (χ0n) is 33.8. The number of benzene rings is 3. The second-order valence-electron chi connectivity index (χ2n) is 19.0. The quantitative estimate of drug-likeness (QED) is 0.138. The van der Waals surface area contributed by atoms with Crippen molar-refractivity contribution >= 4 is 48.0 Å². The maximum Gasteiger partial charge on any atom is 0.303 e. The fraction of sp³-hybridized carbons (Fsp3) is 0.640. The van der Waals surface area contributed by atoms with Gasteiger partial charge in [0, 0.05) is 23.8 Å². The zero-order valence-corrected chi connectivity index (χ0v) is 35.5. The molecule has 0 spiro atoms. The van der Waals surface area contributed by atoms with Crippen LogP contribution in [0.1, 0.15) is 143 Å². The van der Waals surface area contributed by atoms with Crippen molar-refractivity contribution in [2.45, 2.75) is 152 Å². The Morgan fingerprint density at radius 2 is 1.07 bits per heavy atom. The minimum Gasteiger partial charge on any atom is -0.481 e. The normalized spacial score (nSPS) is 29.9. The van der Waals surface area contributed by atoms with Crippen LogP contribution in [0.25, 0.3) is 10.8 Å². The Labute approximate surface area is 348 Å². The van der Waals surface area contributed by atoms with E-state index in [1.165, 1.54) is 131 Å². The van der Waals surface area contributed by atoms with E-state index in [0.717, 1.165) is 65.6 Å². The van der Waals surface area contributed by atoms with E-state index < -0.39 is 11.9 Å². The lowest BCUT2D eigenvalue weighted by molar-refractivity contribution is -0.139. The number of carboxylic acids is 2. The number of hydrogen-bond donors (Lipinski definition) is 4. The molecule has 5 unspecified atom stereocenters. The average molecular weight is 797 g/mol. The van der Waals surface area contributed by atoms with E-state index in [0.29, 0.717) is 24.0 Å². The van der Waals surface area contributed by atoms with Crippen LogP contribution in [0.5, 0.6) is 0 Å². The molecule has 6 heteroatoms. The molecule has 3 aromatic carbocycles. The summed E-state index contributed by atoms with van der Waals surface area (Å²) in [5.41, 5.74) is 6.96. The van der Waals surface area contributed by atoms with Crippen molar-refractivity contribution in [3.63, 3.8) is 0 Å². The molecule has 0 saturated heterocycles. The van der Waals surface area contributed by atoms with Crippen LogP contribution in [0, 0.1) is 47.3 Å². The first-order valence-electron chi connectivity index (χ1n) is 22.5. The molecule has 304 valence electrons. The molecule has 4 nitrogen and oxygen atoms in total. The van der Waals surface area contributed by atoms with E-state index >= 15 is 0 Å². The highest BCUT2D eigenvalue weighted by Gasteiger charge is 2.42. The number of carbonyl (C=O) groups is 2. The van der Waals surface area contributed by atoms with Gasteiger partial charge in [-0.3, -0.25) is 9.59 Å². The van der Waals surface area contributed by atoms with Crippen molar-refractivity contribution < 1.29 is 19.8 Å². The Morgan fingerprint density at radius 1 is 0.536 bits per heavy atom. The summed E-state index contributed by atoms with van der Waals surface area (Å²) in [6.07, 6.45) is 26.5. The number of carboxylic acid groups (broad SMARTS) is 2. The van der Waals surface area contributed by atoms with Gasteiger partial charge in [-0.2, -0.15) is 25.3 Å². The van der Waals surface area contributed by atoms with Gasteiger partial charge in [-0.1, -0.05) is 93.1 Å². The highest BCUT2D eigenvalue weighted by atomic mass is 32.1. The van der Waals surface area contributed by atoms with Gasteiger partial charge in [-0.15, -0.1) is 0 Å².